The predicted molar refractivity (Wildman–Crippen MR) is 77.8 cm³/mol. The number of hydrogen-bond acceptors (Lipinski definition) is 4. The smallest absolute Gasteiger partial charge is 0.228 e. The number of aromatic nitrogens is 2. The zero-order valence-electron chi connectivity index (χ0n) is 10.4. The Morgan fingerprint density at radius 3 is 2.61 bits per heavy atom. The van der Waals surface area contributed by atoms with Crippen molar-refractivity contribution >= 4 is 39.1 Å². The molecule has 1 saturated heterocycles. The molecule has 1 aliphatic heterocycles. The molecule has 0 saturated carbocycles. The number of rotatable bonds is 1. The van der Waals surface area contributed by atoms with Crippen molar-refractivity contribution in [1.29, 1.82) is 0 Å². The third-order valence-corrected chi connectivity index (χ3v) is 4.58. The van der Waals surface area contributed by atoms with Gasteiger partial charge in [-0.2, -0.15) is 0 Å². The highest BCUT2D eigenvalue weighted by Crippen LogP contribution is 2.30. The van der Waals surface area contributed by atoms with Crippen molar-refractivity contribution in [2.75, 3.05) is 18.0 Å². The Bertz CT molecular complexity index is 559. The minimum absolute atomic E-state index is 0.587. The van der Waals surface area contributed by atoms with Crippen LogP contribution in [0.5, 0.6) is 0 Å². The van der Waals surface area contributed by atoms with Gasteiger partial charge in [0.05, 0.1) is 0 Å². The van der Waals surface area contributed by atoms with Crippen molar-refractivity contribution in [2.45, 2.75) is 32.6 Å². The monoisotopic (exact) mass is 281 g/mol. The Balaban J connectivity index is 2.00. The van der Waals surface area contributed by atoms with Crippen molar-refractivity contribution in [3.05, 3.63) is 16.1 Å². The van der Waals surface area contributed by atoms with E-state index in [1.54, 1.807) is 11.3 Å². The Morgan fingerprint density at radius 1 is 1.17 bits per heavy atom. The summed E-state index contributed by atoms with van der Waals surface area (Å²) in [7, 11) is 0. The third kappa shape index (κ3) is 2.31. The molecule has 0 atom stereocenters. The number of halogens is 1. The van der Waals surface area contributed by atoms with Crippen LogP contribution in [-0.2, 0) is 0 Å². The van der Waals surface area contributed by atoms with E-state index in [4.69, 9.17) is 11.6 Å². The quantitative estimate of drug-likeness (QED) is 0.739. The van der Waals surface area contributed by atoms with Gasteiger partial charge in [0.15, 0.2) is 0 Å². The lowest BCUT2D eigenvalue weighted by Crippen LogP contribution is -2.25. The van der Waals surface area contributed by atoms with Crippen LogP contribution in [0.1, 0.15) is 30.6 Å². The van der Waals surface area contributed by atoms with Gasteiger partial charge in [0, 0.05) is 23.4 Å². The summed E-state index contributed by atoms with van der Waals surface area (Å²) in [5.41, 5.74) is 0. The van der Waals surface area contributed by atoms with Gasteiger partial charge in [0.1, 0.15) is 9.98 Å². The van der Waals surface area contributed by atoms with E-state index < -0.39 is 0 Å². The van der Waals surface area contributed by atoms with Crippen LogP contribution in [-0.4, -0.2) is 23.1 Å². The first-order valence-electron chi connectivity index (χ1n) is 6.43. The molecule has 0 spiro atoms. The molecular formula is C13H16ClN3S. The number of anilines is 1. The first-order valence-corrected chi connectivity index (χ1v) is 7.62. The van der Waals surface area contributed by atoms with Crippen LogP contribution in [0, 0.1) is 6.92 Å². The van der Waals surface area contributed by atoms with Crippen LogP contribution in [0.3, 0.4) is 0 Å². The van der Waals surface area contributed by atoms with E-state index >= 15 is 0 Å². The van der Waals surface area contributed by atoms with Crippen LogP contribution in [0.15, 0.2) is 6.07 Å². The molecule has 3 nitrogen and oxygen atoms in total. The zero-order chi connectivity index (χ0) is 12.5. The largest absolute Gasteiger partial charge is 0.341 e. The van der Waals surface area contributed by atoms with Gasteiger partial charge in [-0.1, -0.05) is 24.4 Å². The molecule has 1 aliphatic rings. The maximum absolute atomic E-state index is 6.26. The van der Waals surface area contributed by atoms with Gasteiger partial charge in [-0.15, -0.1) is 11.3 Å². The van der Waals surface area contributed by atoms with Gasteiger partial charge in [0.2, 0.25) is 5.95 Å². The first-order chi connectivity index (χ1) is 8.74. The minimum Gasteiger partial charge on any atom is -0.341 e. The van der Waals surface area contributed by atoms with Crippen LogP contribution in [0.25, 0.3) is 10.2 Å². The fourth-order valence-electron chi connectivity index (χ4n) is 2.41. The van der Waals surface area contributed by atoms with Crippen LogP contribution < -0.4 is 4.90 Å². The summed E-state index contributed by atoms with van der Waals surface area (Å²) in [6, 6.07) is 2.06. The minimum atomic E-state index is 0.587. The highest BCUT2D eigenvalue weighted by atomic mass is 35.5. The van der Waals surface area contributed by atoms with Gasteiger partial charge in [-0.25, -0.2) is 9.97 Å². The fourth-order valence-corrected chi connectivity index (χ4v) is 3.56. The second-order valence-electron chi connectivity index (χ2n) is 4.79. The summed E-state index contributed by atoms with van der Waals surface area (Å²) < 4.78 is 0. The highest BCUT2D eigenvalue weighted by Gasteiger charge is 2.15. The summed E-state index contributed by atoms with van der Waals surface area (Å²) >= 11 is 7.95. The zero-order valence-corrected chi connectivity index (χ0v) is 12.0. The number of nitrogens with zero attached hydrogens (tertiary/aromatic N) is 3. The Kier molecular flexibility index (Phi) is 3.39. The molecule has 0 unspecified atom stereocenters. The van der Waals surface area contributed by atoms with Crippen LogP contribution in [0.4, 0.5) is 5.95 Å². The average molecular weight is 282 g/mol. The maximum atomic E-state index is 6.26. The Labute approximate surface area is 116 Å². The lowest BCUT2D eigenvalue weighted by Gasteiger charge is -2.20. The number of fused-ring (bicyclic) bond motifs is 1. The van der Waals surface area contributed by atoms with Gasteiger partial charge >= 0.3 is 0 Å². The molecule has 2 aromatic rings. The topological polar surface area (TPSA) is 29.0 Å². The van der Waals surface area contributed by atoms with Gasteiger partial charge in [-0.3, -0.25) is 0 Å². The summed E-state index contributed by atoms with van der Waals surface area (Å²) in [4.78, 5) is 13.6. The summed E-state index contributed by atoms with van der Waals surface area (Å²) in [5, 5.41) is 1.57. The summed E-state index contributed by atoms with van der Waals surface area (Å²) in [6.07, 6.45) is 5.07. The fraction of sp³-hybridized carbons (Fsp3) is 0.538. The molecule has 96 valence electrons. The van der Waals surface area contributed by atoms with Crippen molar-refractivity contribution in [2.24, 2.45) is 0 Å². The summed E-state index contributed by atoms with van der Waals surface area (Å²) in [6.45, 7) is 4.17. The molecule has 0 amide bonds. The third-order valence-electron chi connectivity index (χ3n) is 3.35. The Morgan fingerprint density at radius 2 is 1.89 bits per heavy atom. The second-order valence-corrected chi connectivity index (χ2v) is 6.38. The van der Waals surface area contributed by atoms with E-state index in [2.05, 4.69) is 27.9 Å². The van der Waals surface area contributed by atoms with Crippen molar-refractivity contribution in [3.8, 4) is 0 Å². The molecule has 5 heteroatoms. The van der Waals surface area contributed by atoms with E-state index in [0.717, 1.165) is 29.3 Å². The predicted octanol–water partition coefficient (Wildman–Crippen LogP) is 4.03. The van der Waals surface area contributed by atoms with Crippen LogP contribution in [0.2, 0.25) is 5.15 Å². The average Bonchev–Trinajstić information content (AvgIpc) is 2.58. The molecule has 0 N–H and O–H groups in total. The summed E-state index contributed by atoms with van der Waals surface area (Å²) in [5.74, 6) is 0.802. The van der Waals surface area contributed by atoms with E-state index in [0.29, 0.717) is 5.15 Å². The highest BCUT2D eigenvalue weighted by molar-refractivity contribution is 7.18. The van der Waals surface area contributed by atoms with Gasteiger partial charge in [-0.05, 0) is 25.8 Å². The second kappa shape index (κ2) is 5.02. The molecule has 18 heavy (non-hydrogen) atoms. The number of thiophene rings is 1. The first kappa shape index (κ1) is 12.2. The Hall–Kier alpha value is -0.870. The molecular weight excluding hydrogens is 266 g/mol. The van der Waals surface area contributed by atoms with Crippen molar-refractivity contribution in [3.63, 3.8) is 0 Å². The SMILES string of the molecule is Cc1cc2c(Cl)nc(N3CCCCCC3)nc2s1. The molecule has 0 bridgehead atoms. The van der Waals surface area contributed by atoms with Gasteiger partial charge in [0.25, 0.3) is 0 Å². The molecule has 1 fully saturated rings. The van der Waals surface area contributed by atoms with Crippen molar-refractivity contribution in [1.82, 2.24) is 9.97 Å². The normalized spacial score (nSPS) is 17.1. The molecule has 0 radical (unpaired) electrons. The molecule has 3 heterocycles. The number of hydrogen-bond donors (Lipinski definition) is 0. The standard InChI is InChI=1S/C13H16ClN3S/c1-9-8-10-11(14)15-13(16-12(10)18-9)17-6-4-2-3-5-7-17/h8H,2-7H2,1H3. The molecule has 0 aromatic carbocycles. The maximum Gasteiger partial charge on any atom is 0.228 e. The van der Waals surface area contributed by atoms with E-state index in [-0.39, 0.29) is 0 Å². The van der Waals surface area contributed by atoms with E-state index in [1.165, 1.54) is 30.6 Å². The van der Waals surface area contributed by atoms with Gasteiger partial charge < -0.3 is 4.90 Å². The lowest BCUT2D eigenvalue weighted by molar-refractivity contribution is 0.726. The molecule has 0 aliphatic carbocycles. The number of aryl methyl sites for hydroxylation is 1. The van der Waals surface area contributed by atoms with E-state index in [9.17, 15) is 0 Å². The van der Waals surface area contributed by atoms with Crippen molar-refractivity contribution < 1.29 is 0 Å². The molecule has 3 rings (SSSR count). The van der Waals surface area contributed by atoms with Crippen LogP contribution >= 0.6 is 22.9 Å². The lowest BCUT2D eigenvalue weighted by atomic mass is 10.2. The van der Waals surface area contributed by atoms with E-state index in [1.807, 2.05) is 0 Å². The molecule has 2 aromatic heterocycles.